The third kappa shape index (κ3) is 2.41. The third-order valence-electron chi connectivity index (χ3n) is 2.67. The maximum atomic E-state index is 11.1. The maximum Gasteiger partial charge on any atom is 0.217 e. The van der Waals surface area contributed by atoms with Gasteiger partial charge in [0.1, 0.15) is 5.76 Å². The van der Waals surface area contributed by atoms with Gasteiger partial charge in [-0.2, -0.15) is 0 Å². The van der Waals surface area contributed by atoms with Crippen LogP contribution in [0.15, 0.2) is 15.6 Å². The number of carbonyl (C=O) groups is 1. The first-order chi connectivity index (χ1) is 7.70. The van der Waals surface area contributed by atoms with Gasteiger partial charge in [0.15, 0.2) is 5.09 Å². The molecule has 1 unspecified atom stereocenters. The van der Waals surface area contributed by atoms with Gasteiger partial charge in [-0.1, -0.05) is 0 Å². The van der Waals surface area contributed by atoms with E-state index in [0.29, 0.717) is 0 Å². The fraction of sp³-hybridized carbons (Fsp3) is 0.545. The van der Waals surface area contributed by atoms with E-state index in [4.69, 9.17) is 4.42 Å². The molecule has 2 rings (SSSR count). The van der Waals surface area contributed by atoms with E-state index < -0.39 is 0 Å². The van der Waals surface area contributed by atoms with Crippen LogP contribution in [-0.2, 0) is 11.2 Å². The highest BCUT2D eigenvalue weighted by Gasteiger charge is 2.24. The minimum atomic E-state index is 0.0156. The Bertz CT molecular complexity index is 389. The van der Waals surface area contributed by atoms with Crippen LogP contribution in [-0.4, -0.2) is 13.0 Å². The van der Waals surface area contributed by atoms with Gasteiger partial charge in [0.25, 0.3) is 0 Å². The Hall–Kier alpha value is -0.940. The number of fused-ring (bicyclic) bond motifs is 1. The lowest BCUT2D eigenvalue weighted by Crippen LogP contribution is -2.28. The average molecular weight is 240 g/mol. The van der Waals surface area contributed by atoms with Crippen LogP contribution in [0.2, 0.25) is 0 Å². The number of hydrogen-bond donors (Lipinski definition) is 2. The first kappa shape index (κ1) is 11.5. The van der Waals surface area contributed by atoms with Crippen molar-refractivity contribution < 1.29 is 9.21 Å². The molecule has 1 atom stereocenters. The SMILES string of the molecule is CNSc1cc2c(o1)CCCC2NC(C)=O. The second-order valence-electron chi connectivity index (χ2n) is 3.90. The number of nitrogens with one attached hydrogen (secondary N) is 2. The van der Waals surface area contributed by atoms with Crippen molar-refractivity contribution in [2.24, 2.45) is 0 Å². The Kier molecular flexibility index (Phi) is 3.56. The first-order valence-corrected chi connectivity index (χ1v) is 6.25. The minimum absolute atomic E-state index is 0.0156. The molecular formula is C11H16N2O2S. The molecule has 1 aliphatic rings. The lowest BCUT2D eigenvalue weighted by Gasteiger charge is -2.21. The van der Waals surface area contributed by atoms with Crippen molar-refractivity contribution in [2.75, 3.05) is 7.05 Å². The molecule has 4 nitrogen and oxygen atoms in total. The molecule has 0 saturated carbocycles. The molecule has 0 aliphatic heterocycles. The van der Waals surface area contributed by atoms with Gasteiger partial charge in [0.05, 0.1) is 6.04 Å². The van der Waals surface area contributed by atoms with Gasteiger partial charge in [-0.15, -0.1) is 0 Å². The van der Waals surface area contributed by atoms with Crippen LogP contribution in [0, 0.1) is 0 Å². The van der Waals surface area contributed by atoms with E-state index >= 15 is 0 Å². The molecule has 0 bridgehead atoms. The second-order valence-corrected chi connectivity index (χ2v) is 4.91. The van der Waals surface area contributed by atoms with Gasteiger partial charge >= 0.3 is 0 Å². The largest absolute Gasteiger partial charge is 0.453 e. The van der Waals surface area contributed by atoms with Crippen molar-refractivity contribution in [1.82, 2.24) is 10.0 Å². The fourth-order valence-corrected chi connectivity index (χ4v) is 2.61. The highest BCUT2D eigenvalue weighted by Crippen LogP contribution is 2.34. The van der Waals surface area contributed by atoms with Crippen molar-refractivity contribution in [3.8, 4) is 0 Å². The van der Waals surface area contributed by atoms with E-state index in [-0.39, 0.29) is 11.9 Å². The molecule has 5 heteroatoms. The summed E-state index contributed by atoms with van der Waals surface area (Å²) in [6, 6.07) is 2.15. The topological polar surface area (TPSA) is 54.3 Å². The van der Waals surface area contributed by atoms with Crippen molar-refractivity contribution in [3.05, 3.63) is 17.4 Å². The van der Waals surface area contributed by atoms with Crippen LogP contribution in [0.3, 0.4) is 0 Å². The Labute approximate surface area is 99.3 Å². The first-order valence-electron chi connectivity index (χ1n) is 5.44. The fourth-order valence-electron chi connectivity index (χ4n) is 2.08. The molecule has 0 fully saturated rings. The predicted molar refractivity (Wildman–Crippen MR) is 63.1 cm³/mol. The molecule has 0 radical (unpaired) electrons. The van der Waals surface area contributed by atoms with Gasteiger partial charge in [0.2, 0.25) is 5.91 Å². The summed E-state index contributed by atoms with van der Waals surface area (Å²) < 4.78 is 8.69. The molecule has 16 heavy (non-hydrogen) atoms. The van der Waals surface area contributed by atoms with E-state index in [9.17, 15) is 4.79 Å². The molecule has 1 heterocycles. The lowest BCUT2D eigenvalue weighted by molar-refractivity contribution is -0.119. The number of amides is 1. The van der Waals surface area contributed by atoms with E-state index in [1.54, 1.807) is 6.92 Å². The van der Waals surface area contributed by atoms with Crippen molar-refractivity contribution in [1.29, 1.82) is 0 Å². The molecule has 0 aromatic carbocycles. The van der Waals surface area contributed by atoms with Crippen LogP contribution in [0.5, 0.6) is 0 Å². The predicted octanol–water partition coefficient (Wildman–Crippen LogP) is 2.02. The zero-order valence-corrected chi connectivity index (χ0v) is 10.3. The van der Waals surface area contributed by atoms with Gasteiger partial charge in [-0.05, 0) is 37.9 Å². The maximum absolute atomic E-state index is 11.1. The summed E-state index contributed by atoms with van der Waals surface area (Å²) in [4.78, 5) is 11.1. The van der Waals surface area contributed by atoms with Crippen LogP contribution in [0.25, 0.3) is 0 Å². The number of hydrogen-bond acceptors (Lipinski definition) is 4. The van der Waals surface area contributed by atoms with E-state index in [2.05, 4.69) is 10.0 Å². The number of aryl methyl sites for hydroxylation is 1. The normalized spacial score (nSPS) is 19.2. The van der Waals surface area contributed by atoms with E-state index in [1.807, 2.05) is 13.1 Å². The van der Waals surface area contributed by atoms with Crippen molar-refractivity contribution >= 4 is 17.9 Å². The molecular weight excluding hydrogens is 224 g/mol. The Morgan fingerprint density at radius 3 is 3.12 bits per heavy atom. The standard InChI is InChI=1S/C11H16N2O2S/c1-7(14)13-9-4-3-5-10-8(9)6-11(15-10)16-12-2/h6,9,12H,3-5H2,1-2H3,(H,13,14). The highest BCUT2D eigenvalue weighted by molar-refractivity contribution is 7.97. The Morgan fingerprint density at radius 1 is 1.62 bits per heavy atom. The Balaban J connectivity index is 2.20. The summed E-state index contributed by atoms with van der Waals surface area (Å²) in [5, 5.41) is 3.83. The summed E-state index contributed by atoms with van der Waals surface area (Å²) >= 11 is 1.46. The summed E-state index contributed by atoms with van der Waals surface area (Å²) in [6.07, 6.45) is 3.03. The molecule has 1 amide bonds. The quantitative estimate of drug-likeness (QED) is 0.794. The summed E-state index contributed by atoms with van der Waals surface area (Å²) in [5.74, 6) is 1.03. The van der Waals surface area contributed by atoms with Crippen LogP contribution >= 0.6 is 11.9 Å². The lowest BCUT2D eigenvalue weighted by atomic mass is 9.93. The second kappa shape index (κ2) is 4.93. The highest BCUT2D eigenvalue weighted by atomic mass is 32.2. The monoisotopic (exact) mass is 240 g/mol. The number of furan rings is 1. The van der Waals surface area contributed by atoms with Crippen molar-refractivity contribution in [2.45, 2.75) is 37.3 Å². The van der Waals surface area contributed by atoms with Crippen LogP contribution in [0.4, 0.5) is 0 Å². The summed E-state index contributed by atoms with van der Waals surface area (Å²) in [6.45, 7) is 1.55. The number of rotatable bonds is 3. The molecule has 88 valence electrons. The Morgan fingerprint density at radius 2 is 2.44 bits per heavy atom. The van der Waals surface area contributed by atoms with Gasteiger partial charge in [-0.3, -0.25) is 9.52 Å². The van der Waals surface area contributed by atoms with E-state index in [0.717, 1.165) is 35.7 Å². The molecule has 1 aliphatic carbocycles. The summed E-state index contributed by atoms with van der Waals surface area (Å²) in [5.41, 5.74) is 1.14. The average Bonchev–Trinajstić information content (AvgIpc) is 2.61. The van der Waals surface area contributed by atoms with Gasteiger partial charge in [0, 0.05) is 18.9 Å². The van der Waals surface area contributed by atoms with Crippen LogP contribution in [0.1, 0.15) is 37.1 Å². The zero-order chi connectivity index (χ0) is 11.5. The third-order valence-corrected chi connectivity index (χ3v) is 3.28. The molecule has 0 spiro atoms. The number of carbonyl (C=O) groups excluding carboxylic acids is 1. The zero-order valence-electron chi connectivity index (χ0n) is 9.50. The summed E-state index contributed by atoms with van der Waals surface area (Å²) in [7, 11) is 1.86. The molecule has 1 aromatic rings. The molecule has 0 saturated heterocycles. The van der Waals surface area contributed by atoms with Gasteiger partial charge < -0.3 is 9.73 Å². The van der Waals surface area contributed by atoms with Crippen LogP contribution < -0.4 is 10.0 Å². The van der Waals surface area contributed by atoms with Gasteiger partial charge in [-0.25, -0.2) is 0 Å². The smallest absolute Gasteiger partial charge is 0.217 e. The minimum Gasteiger partial charge on any atom is -0.453 e. The van der Waals surface area contributed by atoms with Crippen molar-refractivity contribution in [3.63, 3.8) is 0 Å². The molecule has 2 N–H and O–H groups in total. The molecule has 1 aromatic heterocycles. The van der Waals surface area contributed by atoms with E-state index in [1.165, 1.54) is 11.9 Å².